The number of benzene rings is 1. The number of aromatic nitrogens is 2. The van der Waals surface area contributed by atoms with E-state index < -0.39 is 18.0 Å². The van der Waals surface area contributed by atoms with Crippen LogP contribution in [0.25, 0.3) is 0 Å². The summed E-state index contributed by atoms with van der Waals surface area (Å²) in [5.41, 5.74) is 0.795. The summed E-state index contributed by atoms with van der Waals surface area (Å²) in [6, 6.07) is 14.8. The van der Waals surface area contributed by atoms with Gasteiger partial charge in [0.2, 0.25) is 5.91 Å². The summed E-state index contributed by atoms with van der Waals surface area (Å²) in [6.45, 7) is 0.276. The lowest BCUT2D eigenvalue weighted by atomic mass is 10.1. The number of carbonyl (C=O) groups excluding carboxylic acids is 1. The monoisotopic (exact) mass is 415 g/mol. The van der Waals surface area contributed by atoms with Crippen LogP contribution in [0.1, 0.15) is 28.5 Å². The van der Waals surface area contributed by atoms with Crippen molar-refractivity contribution >= 4 is 5.91 Å². The third kappa shape index (κ3) is 5.87. The summed E-state index contributed by atoms with van der Waals surface area (Å²) >= 11 is 0. The van der Waals surface area contributed by atoms with E-state index in [4.69, 9.17) is 0 Å². The highest BCUT2D eigenvalue weighted by Gasteiger charge is 2.32. The molecule has 1 aromatic carbocycles. The van der Waals surface area contributed by atoms with Crippen LogP contribution in [0, 0.1) is 0 Å². The van der Waals surface area contributed by atoms with Gasteiger partial charge in [0.1, 0.15) is 5.69 Å². The maximum atomic E-state index is 12.9. The summed E-state index contributed by atoms with van der Waals surface area (Å²) in [4.78, 5) is 21.8. The first-order valence-corrected chi connectivity index (χ1v) is 9.25. The van der Waals surface area contributed by atoms with E-state index in [-0.39, 0.29) is 25.4 Å². The van der Waals surface area contributed by atoms with E-state index in [0.717, 1.165) is 17.8 Å². The molecular formula is C22H20F3N3O2. The molecule has 1 N–H and O–H groups in total. The number of alkyl halides is 3. The first kappa shape index (κ1) is 21.4. The Morgan fingerprint density at radius 3 is 2.37 bits per heavy atom. The molecule has 0 aliphatic carbocycles. The summed E-state index contributed by atoms with van der Waals surface area (Å²) < 4.78 is 38.1. The number of aliphatic hydroxyl groups is 1. The van der Waals surface area contributed by atoms with Gasteiger partial charge in [-0.05, 0) is 23.3 Å². The zero-order valence-electron chi connectivity index (χ0n) is 16.0. The molecule has 0 saturated carbocycles. The van der Waals surface area contributed by atoms with E-state index in [9.17, 15) is 23.1 Å². The van der Waals surface area contributed by atoms with Gasteiger partial charge in [-0.2, -0.15) is 13.2 Å². The molecule has 0 spiro atoms. The number of hydrogen-bond acceptors (Lipinski definition) is 4. The highest BCUT2D eigenvalue weighted by Crippen LogP contribution is 2.27. The largest absolute Gasteiger partial charge is 0.433 e. The van der Waals surface area contributed by atoms with Crippen LogP contribution in [0.15, 0.2) is 73.2 Å². The molecular weight excluding hydrogens is 395 g/mol. The maximum absolute atomic E-state index is 12.9. The average Bonchev–Trinajstić information content (AvgIpc) is 2.74. The fourth-order valence-corrected chi connectivity index (χ4v) is 2.93. The topological polar surface area (TPSA) is 66.3 Å². The quantitative estimate of drug-likeness (QED) is 0.638. The van der Waals surface area contributed by atoms with Crippen LogP contribution in [0.4, 0.5) is 13.2 Å². The molecule has 0 aliphatic rings. The van der Waals surface area contributed by atoms with Crippen molar-refractivity contribution < 1.29 is 23.1 Å². The molecule has 1 unspecified atom stereocenters. The van der Waals surface area contributed by atoms with Gasteiger partial charge in [-0.1, -0.05) is 42.5 Å². The minimum Gasteiger partial charge on any atom is -0.386 e. The van der Waals surface area contributed by atoms with Gasteiger partial charge >= 0.3 is 6.18 Å². The Hall–Kier alpha value is -3.26. The number of pyridine rings is 2. The number of amides is 1. The first-order valence-electron chi connectivity index (χ1n) is 9.25. The molecule has 0 radical (unpaired) electrons. The molecule has 156 valence electrons. The predicted molar refractivity (Wildman–Crippen MR) is 104 cm³/mol. The van der Waals surface area contributed by atoms with Gasteiger partial charge in [-0.3, -0.25) is 14.8 Å². The zero-order valence-corrected chi connectivity index (χ0v) is 16.0. The molecule has 1 amide bonds. The lowest BCUT2D eigenvalue weighted by molar-refractivity contribution is -0.141. The third-order valence-corrected chi connectivity index (χ3v) is 4.50. The Kier molecular flexibility index (Phi) is 6.79. The van der Waals surface area contributed by atoms with Crippen molar-refractivity contribution in [3.05, 3.63) is 95.6 Å². The van der Waals surface area contributed by atoms with Crippen molar-refractivity contribution in [2.45, 2.75) is 25.2 Å². The van der Waals surface area contributed by atoms with E-state index in [1.54, 1.807) is 18.3 Å². The summed E-state index contributed by atoms with van der Waals surface area (Å²) in [7, 11) is 0. The van der Waals surface area contributed by atoms with E-state index in [0.29, 0.717) is 11.1 Å². The average molecular weight is 415 g/mol. The Balaban J connectivity index is 1.75. The Morgan fingerprint density at radius 2 is 1.77 bits per heavy atom. The molecule has 8 heteroatoms. The molecule has 0 bridgehead atoms. The van der Waals surface area contributed by atoms with Crippen molar-refractivity contribution in [3.8, 4) is 0 Å². The van der Waals surface area contributed by atoms with Crippen LogP contribution >= 0.6 is 0 Å². The molecule has 1 atom stereocenters. The van der Waals surface area contributed by atoms with E-state index >= 15 is 0 Å². The van der Waals surface area contributed by atoms with Crippen molar-refractivity contribution in [3.63, 3.8) is 0 Å². The molecule has 3 aromatic rings. The van der Waals surface area contributed by atoms with Crippen LogP contribution < -0.4 is 0 Å². The summed E-state index contributed by atoms with van der Waals surface area (Å²) in [5.74, 6) is -0.330. The Morgan fingerprint density at radius 1 is 1.00 bits per heavy atom. The van der Waals surface area contributed by atoms with Crippen LogP contribution in [0.3, 0.4) is 0 Å². The maximum Gasteiger partial charge on any atom is 0.433 e. The second-order valence-corrected chi connectivity index (χ2v) is 6.79. The Labute approximate surface area is 171 Å². The second kappa shape index (κ2) is 9.49. The molecule has 30 heavy (non-hydrogen) atoms. The predicted octanol–water partition coefficient (Wildman–Crippen LogP) is 3.80. The lowest BCUT2D eigenvalue weighted by Gasteiger charge is -2.26. The number of hydrogen-bond donors (Lipinski definition) is 1. The number of halogens is 3. The van der Waals surface area contributed by atoms with Gasteiger partial charge in [0.15, 0.2) is 0 Å². The molecule has 0 aliphatic heterocycles. The number of aliphatic hydroxyl groups excluding tert-OH is 1. The van der Waals surface area contributed by atoms with Crippen molar-refractivity contribution in [1.29, 1.82) is 0 Å². The summed E-state index contributed by atoms with van der Waals surface area (Å²) in [5, 5.41) is 10.5. The number of nitrogens with zero attached hydrogens (tertiary/aromatic N) is 3. The van der Waals surface area contributed by atoms with Crippen molar-refractivity contribution in [1.82, 2.24) is 14.9 Å². The minimum absolute atomic E-state index is 0.0213. The molecule has 2 heterocycles. The number of rotatable bonds is 7. The Bertz CT molecular complexity index is 949. The van der Waals surface area contributed by atoms with Gasteiger partial charge < -0.3 is 10.0 Å². The fourth-order valence-electron chi connectivity index (χ4n) is 2.93. The van der Waals surface area contributed by atoms with Gasteiger partial charge in [-0.15, -0.1) is 0 Å². The minimum atomic E-state index is -4.53. The van der Waals surface area contributed by atoms with Crippen LogP contribution in [-0.4, -0.2) is 32.4 Å². The molecule has 3 rings (SSSR count). The number of carbonyl (C=O) groups is 1. The smallest absolute Gasteiger partial charge is 0.386 e. The van der Waals surface area contributed by atoms with Crippen LogP contribution in [0.5, 0.6) is 0 Å². The molecule has 0 fully saturated rings. The van der Waals surface area contributed by atoms with E-state index in [1.165, 1.54) is 17.2 Å². The SMILES string of the molecule is O=C(Cc1ccc(C(F)(F)F)nc1)N(Cc1ccccc1)CC(O)c1cccnc1. The summed E-state index contributed by atoms with van der Waals surface area (Å²) in [6.07, 6.45) is -1.44. The van der Waals surface area contributed by atoms with Crippen LogP contribution in [-0.2, 0) is 23.9 Å². The van der Waals surface area contributed by atoms with E-state index in [2.05, 4.69) is 9.97 Å². The standard InChI is InChI=1S/C22H20F3N3O2/c23-22(24,25)20-9-8-17(12-27-20)11-21(30)28(14-16-5-2-1-3-6-16)15-19(29)18-7-4-10-26-13-18/h1-10,12-13,19,29H,11,14-15H2. The van der Waals surface area contributed by atoms with Gasteiger partial charge in [0, 0.05) is 30.7 Å². The lowest BCUT2D eigenvalue weighted by Crippen LogP contribution is -2.35. The van der Waals surface area contributed by atoms with Gasteiger partial charge in [0.05, 0.1) is 19.1 Å². The van der Waals surface area contributed by atoms with Gasteiger partial charge in [-0.25, -0.2) is 0 Å². The third-order valence-electron chi connectivity index (χ3n) is 4.50. The highest BCUT2D eigenvalue weighted by atomic mass is 19.4. The van der Waals surface area contributed by atoms with Crippen LogP contribution in [0.2, 0.25) is 0 Å². The fraction of sp³-hybridized carbons (Fsp3) is 0.227. The molecule has 0 saturated heterocycles. The molecule has 5 nitrogen and oxygen atoms in total. The zero-order chi connectivity index (χ0) is 21.6. The normalized spacial score (nSPS) is 12.4. The van der Waals surface area contributed by atoms with Gasteiger partial charge in [0.25, 0.3) is 0 Å². The molecule has 2 aromatic heterocycles. The second-order valence-electron chi connectivity index (χ2n) is 6.79. The van der Waals surface area contributed by atoms with E-state index in [1.807, 2.05) is 30.3 Å². The van der Waals surface area contributed by atoms with Crippen molar-refractivity contribution in [2.75, 3.05) is 6.54 Å². The highest BCUT2D eigenvalue weighted by molar-refractivity contribution is 5.78. The first-order chi connectivity index (χ1) is 14.3. The van der Waals surface area contributed by atoms with Crippen molar-refractivity contribution in [2.24, 2.45) is 0 Å².